The predicted octanol–water partition coefficient (Wildman–Crippen LogP) is 4.18. The first-order valence-electron chi connectivity index (χ1n) is 8.19. The van der Waals surface area contributed by atoms with Gasteiger partial charge in [-0.05, 0) is 54.8 Å². The van der Waals surface area contributed by atoms with Crippen LogP contribution >= 0.6 is 8.07 Å². The van der Waals surface area contributed by atoms with E-state index in [1.807, 2.05) is 12.3 Å². The van der Waals surface area contributed by atoms with E-state index in [0.29, 0.717) is 0 Å². The third-order valence-electron chi connectivity index (χ3n) is 4.15. The minimum absolute atomic E-state index is 0.584. The number of aromatic nitrogens is 1. The van der Waals surface area contributed by atoms with Crippen molar-refractivity contribution in [1.29, 1.82) is 0 Å². The molecule has 3 rings (SSSR count). The Morgan fingerprint density at radius 3 is 1.83 bits per heavy atom. The molecule has 1 heterocycles. The van der Waals surface area contributed by atoms with Crippen LogP contribution < -0.4 is 10.6 Å². The maximum absolute atomic E-state index is 4.50. The third-order valence-corrected chi connectivity index (χ3v) is 6.89. The van der Waals surface area contributed by atoms with Gasteiger partial charge < -0.3 is 0 Å². The first kappa shape index (κ1) is 16.8. The quantitative estimate of drug-likeness (QED) is 0.651. The average Bonchev–Trinajstić information content (AvgIpc) is 2.59. The highest BCUT2D eigenvalue weighted by Gasteiger charge is 2.22. The lowest BCUT2D eigenvalue weighted by Gasteiger charge is -2.31. The average molecular weight is 334 g/mol. The van der Waals surface area contributed by atoms with Crippen LogP contribution in [0.2, 0.25) is 0 Å². The topological polar surface area (TPSA) is 16.1 Å². The summed E-state index contributed by atoms with van der Waals surface area (Å²) in [7, 11) is 1.62. The molecule has 0 spiro atoms. The van der Waals surface area contributed by atoms with Gasteiger partial charge in [0.25, 0.3) is 0 Å². The Balaban J connectivity index is 2.02. The first-order chi connectivity index (χ1) is 11.7. The Morgan fingerprint density at radius 2 is 1.33 bits per heavy atom. The van der Waals surface area contributed by atoms with Crippen molar-refractivity contribution in [2.75, 3.05) is 7.05 Å². The maximum atomic E-state index is 4.50. The molecule has 0 unspecified atom stereocenters. The Kier molecular flexibility index (Phi) is 5.40. The molecule has 0 fully saturated rings. The molecule has 24 heavy (non-hydrogen) atoms. The lowest BCUT2D eigenvalue weighted by molar-refractivity contribution is 0.543. The van der Waals surface area contributed by atoms with E-state index in [0.717, 1.165) is 12.2 Å². The van der Waals surface area contributed by atoms with E-state index in [-0.39, 0.29) is 0 Å². The summed E-state index contributed by atoms with van der Waals surface area (Å²) in [6.07, 6.45) is 1.87. The monoisotopic (exact) mass is 334 g/mol. The van der Waals surface area contributed by atoms with Crippen LogP contribution in [0.5, 0.6) is 0 Å². The van der Waals surface area contributed by atoms with Gasteiger partial charge in [0.1, 0.15) is 0 Å². The fourth-order valence-electron chi connectivity index (χ4n) is 2.90. The van der Waals surface area contributed by atoms with Crippen LogP contribution in [-0.2, 0) is 6.54 Å². The summed E-state index contributed by atoms with van der Waals surface area (Å²) in [4.78, 5) is 4.50. The molecule has 0 saturated heterocycles. The van der Waals surface area contributed by atoms with Gasteiger partial charge >= 0.3 is 0 Å². The molecular formula is C21H23N2P. The van der Waals surface area contributed by atoms with E-state index < -0.39 is 8.07 Å². The highest BCUT2D eigenvalue weighted by Crippen LogP contribution is 2.39. The molecule has 122 valence electrons. The van der Waals surface area contributed by atoms with Crippen molar-refractivity contribution in [2.45, 2.75) is 20.4 Å². The summed E-state index contributed by atoms with van der Waals surface area (Å²) >= 11 is 0. The number of hydrogen-bond donors (Lipinski definition) is 0. The molecule has 0 aliphatic carbocycles. The van der Waals surface area contributed by atoms with Crippen LogP contribution in [0.3, 0.4) is 0 Å². The molecule has 0 atom stereocenters. The highest BCUT2D eigenvalue weighted by atomic mass is 31.1. The van der Waals surface area contributed by atoms with Crippen molar-refractivity contribution in [3.63, 3.8) is 0 Å². The zero-order chi connectivity index (χ0) is 16.9. The van der Waals surface area contributed by atoms with Crippen LogP contribution in [0, 0.1) is 13.8 Å². The van der Waals surface area contributed by atoms with E-state index in [1.165, 1.54) is 21.7 Å². The Hall–Kier alpha value is -2.02. The van der Waals surface area contributed by atoms with Crippen molar-refractivity contribution in [3.05, 3.63) is 89.7 Å². The van der Waals surface area contributed by atoms with Crippen LogP contribution in [0.25, 0.3) is 0 Å². The summed E-state index contributed by atoms with van der Waals surface area (Å²) in [6.45, 7) is 5.25. The van der Waals surface area contributed by atoms with Crippen molar-refractivity contribution in [2.24, 2.45) is 0 Å². The third kappa shape index (κ3) is 3.72. The number of nitrogens with zero attached hydrogens (tertiary/aromatic N) is 2. The second kappa shape index (κ2) is 7.70. The molecule has 3 heteroatoms. The number of aryl methyl sites for hydroxylation is 2. The molecule has 3 aromatic rings. The van der Waals surface area contributed by atoms with Crippen molar-refractivity contribution in [1.82, 2.24) is 9.65 Å². The summed E-state index contributed by atoms with van der Waals surface area (Å²) in [5, 5.41) is 2.83. The fourth-order valence-corrected chi connectivity index (χ4v) is 5.45. The van der Waals surface area contributed by atoms with Gasteiger partial charge in [-0.2, -0.15) is 0 Å². The van der Waals surface area contributed by atoms with E-state index >= 15 is 0 Å². The smallest absolute Gasteiger partial charge is 0.0547 e. The molecule has 2 nitrogen and oxygen atoms in total. The molecule has 0 aliphatic rings. The minimum Gasteiger partial charge on any atom is -0.272 e. The lowest BCUT2D eigenvalue weighted by atomic mass is 10.2. The second-order valence-corrected chi connectivity index (χ2v) is 8.29. The summed E-state index contributed by atoms with van der Waals surface area (Å²) in [5.41, 5.74) is 3.80. The van der Waals surface area contributed by atoms with Gasteiger partial charge in [-0.15, -0.1) is 0 Å². The van der Waals surface area contributed by atoms with Gasteiger partial charge in [-0.3, -0.25) is 9.65 Å². The van der Waals surface area contributed by atoms with Crippen molar-refractivity contribution in [3.8, 4) is 0 Å². The normalized spacial score (nSPS) is 11.2. The molecule has 2 aromatic carbocycles. The minimum atomic E-state index is -0.584. The van der Waals surface area contributed by atoms with Crippen LogP contribution in [0.15, 0.2) is 72.9 Å². The predicted molar refractivity (Wildman–Crippen MR) is 104 cm³/mol. The van der Waals surface area contributed by atoms with Crippen molar-refractivity contribution < 1.29 is 0 Å². The standard InChI is InChI=1S/C21H23N2P/c1-17-10-4-6-13-20(17)24(21-14-7-5-11-18(21)2)23(3)16-19-12-8-9-15-22-19/h4-15H,16H2,1-3H3. The summed E-state index contributed by atoms with van der Waals surface area (Å²) in [6, 6.07) is 23.6. The van der Waals surface area contributed by atoms with Gasteiger partial charge in [-0.1, -0.05) is 54.6 Å². The summed E-state index contributed by atoms with van der Waals surface area (Å²) in [5.74, 6) is 0. The second-order valence-electron chi connectivity index (χ2n) is 6.02. The van der Waals surface area contributed by atoms with Gasteiger partial charge in [-0.25, -0.2) is 0 Å². The Bertz CT molecular complexity index is 756. The molecule has 1 aromatic heterocycles. The molecule has 0 amide bonds. The van der Waals surface area contributed by atoms with E-state index in [2.05, 4.69) is 91.2 Å². The van der Waals surface area contributed by atoms with Gasteiger partial charge in [0.15, 0.2) is 0 Å². The maximum Gasteiger partial charge on any atom is 0.0547 e. The number of benzene rings is 2. The molecular weight excluding hydrogens is 311 g/mol. The number of pyridine rings is 1. The van der Waals surface area contributed by atoms with Gasteiger partial charge in [0, 0.05) is 20.8 Å². The fraction of sp³-hybridized carbons (Fsp3) is 0.190. The van der Waals surface area contributed by atoms with E-state index in [1.54, 1.807) is 0 Å². The lowest BCUT2D eigenvalue weighted by Crippen LogP contribution is -2.28. The largest absolute Gasteiger partial charge is 0.272 e. The molecule has 0 N–H and O–H groups in total. The molecule has 0 radical (unpaired) electrons. The van der Waals surface area contributed by atoms with Crippen LogP contribution in [-0.4, -0.2) is 16.7 Å². The SMILES string of the molecule is Cc1ccccc1P(c1ccccc1C)N(C)Cc1ccccn1. The Labute approximate surface area is 146 Å². The molecule has 0 bridgehead atoms. The molecule has 0 aliphatic heterocycles. The van der Waals surface area contributed by atoms with Gasteiger partial charge in [0.05, 0.1) is 5.69 Å². The number of hydrogen-bond acceptors (Lipinski definition) is 2. The van der Waals surface area contributed by atoms with E-state index in [9.17, 15) is 0 Å². The Morgan fingerprint density at radius 1 is 0.792 bits per heavy atom. The van der Waals surface area contributed by atoms with Crippen LogP contribution in [0.1, 0.15) is 16.8 Å². The highest BCUT2D eigenvalue weighted by molar-refractivity contribution is 7.71. The molecule has 0 saturated carbocycles. The van der Waals surface area contributed by atoms with Crippen LogP contribution in [0.4, 0.5) is 0 Å². The number of rotatable bonds is 5. The zero-order valence-corrected chi connectivity index (χ0v) is 15.4. The van der Waals surface area contributed by atoms with Gasteiger partial charge in [0.2, 0.25) is 0 Å². The zero-order valence-electron chi connectivity index (χ0n) is 14.5. The van der Waals surface area contributed by atoms with E-state index in [4.69, 9.17) is 0 Å². The summed E-state index contributed by atoms with van der Waals surface area (Å²) < 4.78 is 2.45. The van der Waals surface area contributed by atoms with Crippen molar-refractivity contribution >= 4 is 18.7 Å². The first-order valence-corrected chi connectivity index (χ1v) is 9.48.